The summed E-state index contributed by atoms with van der Waals surface area (Å²) < 4.78 is 0. The molecule has 8 heavy (non-hydrogen) atoms. The molecule has 0 saturated carbocycles. The van der Waals surface area contributed by atoms with E-state index >= 15 is 0 Å². The molecule has 2 nitrogen and oxygen atoms in total. The number of hydrogen-bond donors (Lipinski definition) is 2. The molecular weight excluding hydrogens is 102 g/mol. The summed E-state index contributed by atoms with van der Waals surface area (Å²) in [6.45, 7) is 3.39. The maximum absolute atomic E-state index is 8.66. The molecule has 0 atom stereocenters. The minimum absolute atomic E-state index is 0.170. The summed E-state index contributed by atoms with van der Waals surface area (Å²) in [5, 5.41) is 8.66. The SMILES string of the molecule is C/C=C\C(N)=C(/C)O. The Balaban J connectivity index is 4.00. The molecule has 0 aliphatic rings. The van der Waals surface area contributed by atoms with Crippen LogP contribution in [0.25, 0.3) is 0 Å². The lowest BCUT2D eigenvalue weighted by atomic mass is 10.3. The molecule has 0 unspecified atom stereocenters. The van der Waals surface area contributed by atoms with Crippen molar-refractivity contribution in [1.29, 1.82) is 0 Å². The standard InChI is InChI=1S/C6H11NO/c1-3-4-6(7)5(2)8/h3-4,8H,7H2,1-2H3/b4-3-,6-5-. The van der Waals surface area contributed by atoms with Gasteiger partial charge < -0.3 is 10.8 Å². The minimum Gasteiger partial charge on any atom is -0.510 e. The molecule has 0 aromatic heterocycles. The maximum Gasteiger partial charge on any atom is 0.112 e. The van der Waals surface area contributed by atoms with Crippen LogP contribution in [0.2, 0.25) is 0 Å². The first-order valence-electron chi connectivity index (χ1n) is 2.46. The monoisotopic (exact) mass is 113 g/mol. The van der Waals surface area contributed by atoms with E-state index in [0.29, 0.717) is 5.70 Å². The van der Waals surface area contributed by atoms with Crippen LogP contribution in [0, 0.1) is 0 Å². The fraction of sp³-hybridized carbons (Fsp3) is 0.333. The Morgan fingerprint density at radius 3 is 2.25 bits per heavy atom. The maximum atomic E-state index is 8.66. The highest BCUT2D eigenvalue weighted by Gasteiger charge is 1.84. The average molecular weight is 113 g/mol. The number of hydrogen-bond acceptors (Lipinski definition) is 2. The van der Waals surface area contributed by atoms with E-state index in [9.17, 15) is 0 Å². The largest absolute Gasteiger partial charge is 0.510 e. The van der Waals surface area contributed by atoms with Crippen molar-refractivity contribution in [2.75, 3.05) is 0 Å². The topological polar surface area (TPSA) is 46.2 Å². The van der Waals surface area contributed by atoms with Crippen molar-refractivity contribution in [1.82, 2.24) is 0 Å². The molecule has 0 aliphatic heterocycles. The predicted octanol–water partition coefficient (Wildman–Crippen LogP) is 1.31. The van der Waals surface area contributed by atoms with E-state index in [2.05, 4.69) is 0 Å². The summed E-state index contributed by atoms with van der Waals surface area (Å²) in [5.74, 6) is 0.170. The third-order valence-electron chi connectivity index (χ3n) is 0.764. The van der Waals surface area contributed by atoms with Crippen LogP contribution in [-0.2, 0) is 0 Å². The van der Waals surface area contributed by atoms with Crippen molar-refractivity contribution >= 4 is 0 Å². The first-order chi connectivity index (χ1) is 3.68. The first kappa shape index (κ1) is 7.08. The molecule has 0 aromatic rings. The van der Waals surface area contributed by atoms with Gasteiger partial charge in [-0.15, -0.1) is 0 Å². The van der Waals surface area contributed by atoms with E-state index in [1.165, 1.54) is 0 Å². The molecule has 2 heteroatoms. The van der Waals surface area contributed by atoms with Crippen molar-refractivity contribution in [2.24, 2.45) is 5.73 Å². The van der Waals surface area contributed by atoms with Gasteiger partial charge in [-0.2, -0.15) is 0 Å². The van der Waals surface area contributed by atoms with Gasteiger partial charge in [0, 0.05) is 0 Å². The Kier molecular flexibility index (Phi) is 2.77. The quantitative estimate of drug-likeness (QED) is 0.398. The van der Waals surface area contributed by atoms with Crippen LogP contribution in [0.5, 0.6) is 0 Å². The van der Waals surface area contributed by atoms with Crippen molar-refractivity contribution in [3.05, 3.63) is 23.6 Å². The number of aliphatic hydroxyl groups excluding tert-OH is 1. The molecule has 0 aromatic carbocycles. The Bertz CT molecular complexity index is 120. The van der Waals surface area contributed by atoms with Crippen molar-refractivity contribution in [2.45, 2.75) is 13.8 Å². The third kappa shape index (κ3) is 2.29. The van der Waals surface area contributed by atoms with Gasteiger partial charge in [-0.1, -0.05) is 6.08 Å². The second-order valence-corrected chi connectivity index (χ2v) is 1.54. The second kappa shape index (κ2) is 3.13. The Morgan fingerprint density at radius 1 is 1.62 bits per heavy atom. The van der Waals surface area contributed by atoms with Crippen LogP contribution in [0.3, 0.4) is 0 Å². The molecule has 0 saturated heterocycles. The second-order valence-electron chi connectivity index (χ2n) is 1.54. The zero-order valence-electron chi connectivity index (χ0n) is 5.18. The van der Waals surface area contributed by atoms with E-state index in [4.69, 9.17) is 10.8 Å². The van der Waals surface area contributed by atoms with Gasteiger partial charge in [0.1, 0.15) is 5.76 Å². The summed E-state index contributed by atoms with van der Waals surface area (Å²) in [6.07, 6.45) is 3.42. The fourth-order valence-corrected chi connectivity index (χ4v) is 0.300. The summed E-state index contributed by atoms with van der Waals surface area (Å²) in [5.41, 5.74) is 5.69. The lowest BCUT2D eigenvalue weighted by molar-refractivity contribution is 0.408. The van der Waals surface area contributed by atoms with Crippen LogP contribution in [-0.4, -0.2) is 5.11 Å². The molecular formula is C6H11NO. The molecule has 0 heterocycles. The van der Waals surface area contributed by atoms with E-state index in [1.54, 1.807) is 19.1 Å². The van der Waals surface area contributed by atoms with Crippen LogP contribution in [0.4, 0.5) is 0 Å². The zero-order chi connectivity index (χ0) is 6.57. The third-order valence-corrected chi connectivity index (χ3v) is 0.764. The Labute approximate surface area is 49.3 Å². The van der Waals surface area contributed by atoms with Gasteiger partial charge in [-0.25, -0.2) is 0 Å². The number of allylic oxidation sites excluding steroid dienone is 3. The number of rotatable bonds is 1. The normalized spacial score (nSPS) is 14.2. The van der Waals surface area contributed by atoms with Gasteiger partial charge in [-0.05, 0) is 19.9 Å². The lowest BCUT2D eigenvalue weighted by Crippen LogP contribution is -1.95. The van der Waals surface area contributed by atoms with E-state index in [-0.39, 0.29) is 5.76 Å². The van der Waals surface area contributed by atoms with Crippen LogP contribution < -0.4 is 5.73 Å². The van der Waals surface area contributed by atoms with E-state index in [1.807, 2.05) is 6.92 Å². The highest BCUT2D eigenvalue weighted by Crippen LogP contribution is 1.92. The summed E-state index contributed by atoms with van der Waals surface area (Å²) in [4.78, 5) is 0. The van der Waals surface area contributed by atoms with Crippen molar-refractivity contribution < 1.29 is 5.11 Å². The van der Waals surface area contributed by atoms with Crippen molar-refractivity contribution in [3.63, 3.8) is 0 Å². The number of nitrogens with two attached hydrogens (primary N) is 1. The van der Waals surface area contributed by atoms with Gasteiger partial charge in [0.15, 0.2) is 0 Å². The summed E-state index contributed by atoms with van der Waals surface area (Å²) >= 11 is 0. The molecule has 3 N–H and O–H groups in total. The van der Waals surface area contributed by atoms with Gasteiger partial charge in [0.25, 0.3) is 0 Å². The molecule has 0 amide bonds. The molecule has 0 spiro atoms. The Hall–Kier alpha value is -0.920. The van der Waals surface area contributed by atoms with Crippen molar-refractivity contribution in [3.8, 4) is 0 Å². The highest BCUT2D eigenvalue weighted by molar-refractivity contribution is 5.15. The molecule has 46 valence electrons. The molecule has 0 bridgehead atoms. The molecule has 0 fully saturated rings. The number of aliphatic hydroxyl groups is 1. The molecule has 0 radical (unpaired) electrons. The van der Waals surface area contributed by atoms with Gasteiger partial charge in [0.05, 0.1) is 5.70 Å². The van der Waals surface area contributed by atoms with Gasteiger partial charge in [0.2, 0.25) is 0 Å². The van der Waals surface area contributed by atoms with Gasteiger partial charge in [-0.3, -0.25) is 0 Å². The minimum atomic E-state index is 0.170. The highest BCUT2D eigenvalue weighted by atomic mass is 16.3. The average Bonchev–Trinajstić information content (AvgIpc) is 1.67. The molecule has 0 aliphatic carbocycles. The zero-order valence-corrected chi connectivity index (χ0v) is 5.18. The summed E-state index contributed by atoms with van der Waals surface area (Å²) in [6, 6.07) is 0. The summed E-state index contributed by atoms with van der Waals surface area (Å²) in [7, 11) is 0. The Morgan fingerprint density at radius 2 is 2.12 bits per heavy atom. The smallest absolute Gasteiger partial charge is 0.112 e. The van der Waals surface area contributed by atoms with Crippen LogP contribution in [0.15, 0.2) is 23.6 Å². The predicted molar refractivity (Wildman–Crippen MR) is 34.3 cm³/mol. The van der Waals surface area contributed by atoms with Gasteiger partial charge >= 0.3 is 0 Å². The van der Waals surface area contributed by atoms with Crippen LogP contribution in [0.1, 0.15) is 13.8 Å². The fourth-order valence-electron chi connectivity index (χ4n) is 0.300. The first-order valence-corrected chi connectivity index (χ1v) is 2.46. The van der Waals surface area contributed by atoms with E-state index in [0.717, 1.165) is 0 Å². The van der Waals surface area contributed by atoms with E-state index < -0.39 is 0 Å². The van der Waals surface area contributed by atoms with Crippen LogP contribution >= 0.6 is 0 Å². The lowest BCUT2D eigenvalue weighted by Gasteiger charge is -1.91. The molecule has 0 rings (SSSR count).